The van der Waals surface area contributed by atoms with E-state index in [0.717, 1.165) is 12.8 Å². The molecule has 1 amide bonds. The largest absolute Gasteiger partial charge is 0.348 e. The second-order valence-electron chi connectivity index (χ2n) is 4.24. The summed E-state index contributed by atoms with van der Waals surface area (Å²) in [6, 6.07) is 4.89. The smallest absolute Gasteiger partial charge is 0.268 e. The normalized spacial score (nSPS) is 17.0. The molecule has 0 aliphatic heterocycles. The Bertz CT molecular complexity index is 419. The van der Waals surface area contributed by atoms with Gasteiger partial charge in [0.05, 0.1) is 0 Å². The monoisotopic (exact) mass is 220 g/mol. The average molecular weight is 220 g/mol. The lowest BCUT2D eigenvalue weighted by atomic mass is 9.95. The van der Waals surface area contributed by atoms with E-state index < -0.39 is 0 Å². The van der Waals surface area contributed by atoms with Crippen molar-refractivity contribution in [3.63, 3.8) is 0 Å². The van der Waals surface area contributed by atoms with Crippen LogP contribution < -0.4 is 10.9 Å². The van der Waals surface area contributed by atoms with Crippen LogP contribution in [0.15, 0.2) is 23.0 Å². The molecule has 0 bridgehead atoms. The number of aromatic nitrogens is 1. The van der Waals surface area contributed by atoms with Gasteiger partial charge >= 0.3 is 0 Å². The Balaban J connectivity index is 1.99. The molecule has 1 saturated carbocycles. The highest BCUT2D eigenvalue weighted by molar-refractivity contribution is 5.92. The zero-order valence-electron chi connectivity index (χ0n) is 9.16. The fourth-order valence-electron chi connectivity index (χ4n) is 2.09. The van der Waals surface area contributed by atoms with Gasteiger partial charge in [-0.1, -0.05) is 25.3 Å². The van der Waals surface area contributed by atoms with Gasteiger partial charge in [-0.2, -0.15) is 0 Å². The Morgan fingerprint density at radius 3 is 2.69 bits per heavy atom. The highest BCUT2D eigenvalue weighted by Gasteiger charge is 2.16. The Kier molecular flexibility index (Phi) is 3.39. The van der Waals surface area contributed by atoms with Crippen molar-refractivity contribution in [2.75, 3.05) is 0 Å². The maximum Gasteiger partial charge on any atom is 0.268 e. The van der Waals surface area contributed by atoms with Gasteiger partial charge in [0.15, 0.2) is 0 Å². The first-order valence-corrected chi connectivity index (χ1v) is 5.76. The average Bonchev–Trinajstić information content (AvgIpc) is 2.30. The first kappa shape index (κ1) is 10.9. The minimum Gasteiger partial charge on any atom is -0.348 e. The van der Waals surface area contributed by atoms with Crippen LogP contribution in [0.4, 0.5) is 0 Å². The molecule has 1 heterocycles. The van der Waals surface area contributed by atoms with Crippen molar-refractivity contribution >= 4 is 5.91 Å². The lowest BCUT2D eigenvalue weighted by Gasteiger charge is -2.22. The van der Waals surface area contributed by atoms with Crippen LogP contribution in [0, 0.1) is 0 Å². The number of hydrogen-bond donors (Lipinski definition) is 2. The van der Waals surface area contributed by atoms with Crippen LogP contribution in [0.2, 0.25) is 0 Å². The molecule has 4 heteroatoms. The summed E-state index contributed by atoms with van der Waals surface area (Å²) >= 11 is 0. The second-order valence-corrected chi connectivity index (χ2v) is 4.24. The third kappa shape index (κ3) is 2.72. The predicted molar refractivity (Wildman–Crippen MR) is 61.4 cm³/mol. The number of amides is 1. The van der Waals surface area contributed by atoms with E-state index in [2.05, 4.69) is 10.3 Å². The van der Waals surface area contributed by atoms with E-state index in [9.17, 15) is 9.59 Å². The van der Waals surface area contributed by atoms with Crippen molar-refractivity contribution in [1.82, 2.24) is 10.3 Å². The summed E-state index contributed by atoms with van der Waals surface area (Å²) < 4.78 is 0. The van der Waals surface area contributed by atoms with Gasteiger partial charge in [-0.25, -0.2) is 0 Å². The van der Waals surface area contributed by atoms with Gasteiger partial charge in [0.25, 0.3) is 5.91 Å². The first-order chi connectivity index (χ1) is 7.75. The third-order valence-corrected chi connectivity index (χ3v) is 2.95. The molecule has 2 N–H and O–H groups in total. The van der Waals surface area contributed by atoms with E-state index >= 15 is 0 Å². The number of H-pyrrole nitrogens is 1. The summed E-state index contributed by atoms with van der Waals surface area (Å²) in [4.78, 5) is 25.4. The van der Waals surface area contributed by atoms with E-state index in [1.807, 2.05) is 0 Å². The van der Waals surface area contributed by atoms with Gasteiger partial charge in [-0.3, -0.25) is 9.59 Å². The summed E-state index contributed by atoms with van der Waals surface area (Å²) in [5.41, 5.74) is 0.106. The van der Waals surface area contributed by atoms with E-state index in [1.54, 1.807) is 12.1 Å². The number of carbonyl (C=O) groups is 1. The van der Waals surface area contributed by atoms with E-state index in [4.69, 9.17) is 0 Å². The molecule has 0 aromatic carbocycles. The molecule has 0 spiro atoms. The Labute approximate surface area is 94.1 Å². The SMILES string of the molecule is O=C(NC1CCCCC1)c1cccc(=O)[nH]1. The highest BCUT2D eigenvalue weighted by atomic mass is 16.2. The van der Waals surface area contributed by atoms with E-state index in [-0.39, 0.29) is 17.5 Å². The first-order valence-electron chi connectivity index (χ1n) is 5.76. The van der Waals surface area contributed by atoms with Gasteiger partial charge in [0, 0.05) is 12.1 Å². The number of carbonyl (C=O) groups excluding carboxylic acids is 1. The molecule has 2 rings (SSSR count). The standard InChI is InChI=1S/C12H16N2O2/c15-11-8-4-7-10(14-11)12(16)13-9-5-2-1-3-6-9/h4,7-9H,1-3,5-6H2,(H,13,16)(H,14,15). The predicted octanol–water partition coefficient (Wildman–Crippen LogP) is 1.44. The minimum atomic E-state index is -0.240. The van der Waals surface area contributed by atoms with Gasteiger partial charge in [-0.05, 0) is 18.9 Å². The fourth-order valence-corrected chi connectivity index (χ4v) is 2.09. The van der Waals surface area contributed by atoms with Gasteiger partial charge in [-0.15, -0.1) is 0 Å². The Morgan fingerprint density at radius 2 is 2.00 bits per heavy atom. The van der Waals surface area contributed by atoms with E-state index in [1.165, 1.54) is 25.3 Å². The molecule has 1 aromatic rings. The molecule has 86 valence electrons. The molecule has 0 unspecified atom stereocenters. The molecule has 1 aliphatic rings. The number of aromatic amines is 1. The number of hydrogen-bond acceptors (Lipinski definition) is 2. The maximum atomic E-state index is 11.8. The van der Waals surface area contributed by atoms with Crippen molar-refractivity contribution < 1.29 is 4.79 Å². The quantitative estimate of drug-likeness (QED) is 0.792. The van der Waals surface area contributed by atoms with Crippen LogP contribution in [0.1, 0.15) is 42.6 Å². The van der Waals surface area contributed by atoms with Crippen LogP contribution in [-0.4, -0.2) is 16.9 Å². The van der Waals surface area contributed by atoms with Crippen LogP contribution in [-0.2, 0) is 0 Å². The lowest BCUT2D eigenvalue weighted by Crippen LogP contribution is -2.37. The second kappa shape index (κ2) is 4.96. The summed E-state index contributed by atoms with van der Waals surface area (Å²) in [6.45, 7) is 0. The molecular formula is C12H16N2O2. The fraction of sp³-hybridized carbons (Fsp3) is 0.500. The number of rotatable bonds is 2. The van der Waals surface area contributed by atoms with Crippen molar-refractivity contribution in [2.24, 2.45) is 0 Å². The molecule has 0 saturated heterocycles. The molecule has 0 radical (unpaired) electrons. The summed E-state index contributed by atoms with van der Waals surface area (Å²) in [7, 11) is 0. The van der Waals surface area contributed by atoms with Crippen molar-refractivity contribution in [3.05, 3.63) is 34.2 Å². The molecule has 1 fully saturated rings. The highest BCUT2D eigenvalue weighted by Crippen LogP contribution is 2.17. The maximum absolute atomic E-state index is 11.8. The molecule has 16 heavy (non-hydrogen) atoms. The summed E-state index contributed by atoms with van der Waals surface area (Å²) in [6.07, 6.45) is 5.70. The third-order valence-electron chi connectivity index (χ3n) is 2.95. The van der Waals surface area contributed by atoms with Crippen molar-refractivity contribution in [3.8, 4) is 0 Å². The molecule has 1 aliphatic carbocycles. The van der Waals surface area contributed by atoms with E-state index in [0.29, 0.717) is 5.69 Å². The zero-order valence-corrected chi connectivity index (χ0v) is 9.16. The Hall–Kier alpha value is -1.58. The lowest BCUT2D eigenvalue weighted by molar-refractivity contribution is 0.0922. The summed E-state index contributed by atoms with van der Waals surface area (Å²) in [5, 5.41) is 2.95. The van der Waals surface area contributed by atoms with Crippen LogP contribution in [0.5, 0.6) is 0 Å². The molecule has 1 aromatic heterocycles. The van der Waals surface area contributed by atoms with Crippen LogP contribution in [0.25, 0.3) is 0 Å². The van der Waals surface area contributed by atoms with Crippen LogP contribution >= 0.6 is 0 Å². The van der Waals surface area contributed by atoms with Crippen molar-refractivity contribution in [2.45, 2.75) is 38.1 Å². The van der Waals surface area contributed by atoms with Crippen LogP contribution in [0.3, 0.4) is 0 Å². The molecule has 0 atom stereocenters. The van der Waals surface area contributed by atoms with Crippen molar-refractivity contribution in [1.29, 1.82) is 0 Å². The topological polar surface area (TPSA) is 62.0 Å². The number of pyridine rings is 1. The zero-order chi connectivity index (χ0) is 11.4. The van der Waals surface area contributed by atoms with Gasteiger partial charge < -0.3 is 10.3 Å². The number of nitrogens with one attached hydrogen (secondary N) is 2. The Morgan fingerprint density at radius 1 is 1.25 bits per heavy atom. The molecular weight excluding hydrogens is 204 g/mol. The van der Waals surface area contributed by atoms with Gasteiger partial charge in [0.2, 0.25) is 5.56 Å². The molecule has 4 nitrogen and oxygen atoms in total. The summed E-state index contributed by atoms with van der Waals surface area (Å²) in [5.74, 6) is -0.176. The van der Waals surface area contributed by atoms with Gasteiger partial charge in [0.1, 0.15) is 5.69 Å². The minimum absolute atomic E-state index is 0.176.